The highest BCUT2D eigenvalue weighted by molar-refractivity contribution is 7.71. The van der Waals surface area contributed by atoms with Crippen LogP contribution in [0.4, 0.5) is 0 Å². The van der Waals surface area contributed by atoms with Gasteiger partial charge in [-0.1, -0.05) is 13.8 Å². The zero-order valence-electron chi connectivity index (χ0n) is 11.1. The summed E-state index contributed by atoms with van der Waals surface area (Å²) in [5.41, 5.74) is 2.48. The van der Waals surface area contributed by atoms with Crippen molar-refractivity contribution in [2.75, 3.05) is 7.11 Å². The summed E-state index contributed by atoms with van der Waals surface area (Å²) in [5.74, 6) is 0.963. The van der Waals surface area contributed by atoms with Crippen molar-refractivity contribution in [1.29, 1.82) is 5.26 Å². The average Bonchev–Trinajstić information content (AvgIpc) is 2.80. The van der Waals surface area contributed by atoms with Gasteiger partial charge in [-0.25, -0.2) is 0 Å². The van der Waals surface area contributed by atoms with Crippen LogP contribution in [0.5, 0.6) is 5.75 Å². The van der Waals surface area contributed by atoms with Gasteiger partial charge in [-0.2, -0.15) is 5.26 Å². The van der Waals surface area contributed by atoms with Crippen LogP contribution in [-0.2, 0) is 0 Å². The Bertz CT molecular complexity index is 691. The lowest BCUT2D eigenvalue weighted by Crippen LogP contribution is -2.04. The van der Waals surface area contributed by atoms with Crippen molar-refractivity contribution in [3.05, 3.63) is 40.4 Å². The second-order valence-electron chi connectivity index (χ2n) is 4.51. The molecule has 0 atom stereocenters. The number of aromatic nitrogens is 2. The molecule has 98 valence electrons. The first-order valence-electron chi connectivity index (χ1n) is 5.97. The molecular weight excluding hydrogens is 258 g/mol. The van der Waals surface area contributed by atoms with Crippen molar-refractivity contribution in [3.63, 3.8) is 0 Å². The first-order chi connectivity index (χ1) is 9.08. The topological polar surface area (TPSA) is 53.7 Å². The van der Waals surface area contributed by atoms with Gasteiger partial charge in [-0.3, -0.25) is 4.57 Å². The molecule has 4 nitrogen and oxygen atoms in total. The van der Waals surface area contributed by atoms with Crippen LogP contribution in [0.25, 0.3) is 5.69 Å². The van der Waals surface area contributed by atoms with Gasteiger partial charge >= 0.3 is 0 Å². The Hall–Kier alpha value is -2.06. The molecular formula is C14H15N3OS. The van der Waals surface area contributed by atoms with Gasteiger partial charge in [0.25, 0.3) is 0 Å². The third-order valence-electron chi connectivity index (χ3n) is 2.95. The third kappa shape index (κ3) is 2.40. The number of nitrogens with zero attached hydrogens (tertiary/aromatic N) is 2. The Morgan fingerprint density at radius 1 is 1.42 bits per heavy atom. The smallest absolute Gasteiger partial charge is 0.182 e. The Morgan fingerprint density at radius 2 is 2.16 bits per heavy atom. The van der Waals surface area contributed by atoms with E-state index in [0.717, 1.165) is 11.4 Å². The lowest BCUT2D eigenvalue weighted by molar-refractivity contribution is 0.412. The molecule has 0 bridgehead atoms. The van der Waals surface area contributed by atoms with Crippen LogP contribution in [0.15, 0.2) is 24.4 Å². The van der Waals surface area contributed by atoms with Crippen LogP contribution in [0.3, 0.4) is 0 Å². The molecule has 2 aromatic rings. The van der Waals surface area contributed by atoms with E-state index < -0.39 is 0 Å². The van der Waals surface area contributed by atoms with E-state index in [1.807, 2.05) is 16.8 Å². The van der Waals surface area contributed by atoms with E-state index in [4.69, 9.17) is 22.2 Å². The third-order valence-corrected chi connectivity index (χ3v) is 3.25. The molecule has 0 aliphatic carbocycles. The predicted molar refractivity (Wildman–Crippen MR) is 76.3 cm³/mol. The summed E-state index contributed by atoms with van der Waals surface area (Å²) in [7, 11) is 1.59. The number of rotatable bonds is 3. The monoisotopic (exact) mass is 273 g/mol. The zero-order chi connectivity index (χ0) is 14.0. The fraction of sp³-hybridized carbons (Fsp3) is 0.286. The number of H-pyrrole nitrogens is 1. The molecule has 1 N–H and O–H groups in total. The summed E-state index contributed by atoms with van der Waals surface area (Å²) < 4.78 is 7.93. The number of hydrogen-bond donors (Lipinski definition) is 1. The van der Waals surface area contributed by atoms with Gasteiger partial charge in [0, 0.05) is 18.0 Å². The number of aromatic amines is 1. The molecule has 0 amide bonds. The minimum absolute atomic E-state index is 0.327. The Kier molecular flexibility index (Phi) is 3.72. The van der Waals surface area contributed by atoms with Gasteiger partial charge in [-0.15, -0.1) is 0 Å². The fourth-order valence-corrected chi connectivity index (χ4v) is 2.25. The highest BCUT2D eigenvalue weighted by atomic mass is 32.1. The van der Waals surface area contributed by atoms with Crippen LogP contribution in [0.2, 0.25) is 0 Å². The van der Waals surface area contributed by atoms with Crippen LogP contribution in [0.1, 0.15) is 31.0 Å². The van der Waals surface area contributed by atoms with Crippen molar-refractivity contribution in [2.45, 2.75) is 19.8 Å². The minimum atomic E-state index is 0.327. The maximum absolute atomic E-state index is 8.94. The number of imidazole rings is 1. The fourth-order valence-electron chi connectivity index (χ4n) is 1.99. The average molecular weight is 273 g/mol. The molecule has 0 saturated heterocycles. The first-order valence-corrected chi connectivity index (χ1v) is 6.38. The quantitative estimate of drug-likeness (QED) is 0.870. The molecule has 0 aliphatic heterocycles. The Balaban J connectivity index is 2.69. The van der Waals surface area contributed by atoms with Crippen molar-refractivity contribution < 1.29 is 4.74 Å². The number of methoxy groups -OCH3 is 1. The van der Waals surface area contributed by atoms with E-state index in [-0.39, 0.29) is 0 Å². The highest BCUT2D eigenvalue weighted by Crippen LogP contribution is 2.28. The second kappa shape index (κ2) is 5.29. The van der Waals surface area contributed by atoms with Crippen LogP contribution in [0, 0.1) is 16.1 Å². The van der Waals surface area contributed by atoms with Crippen LogP contribution < -0.4 is 4.74 Å². The maximum Gasteiger partial charge on any atom is 0.182 e. The molecule has 0 saturated carbocycles. The molecule has 0 spiro atoms. The summed E-state index contributed by atoms with van der Waals surface area (Å²) in [4.78, 5) is 3.05. The molecule has 1 aromatic heterocycles. The normalized spacial score (nSPS) is 10.5. The van der Waals surface area contributed by atoms with Gasteiger partial charge in [-0.05, 0) is 30.3 Å². The van der Waals surface area contributed by atoms with Crippen molar-refractivity contribution in [3.8, 4) is 17.5 Å². The van der Waals surface area contributed by atoms with E-state index in [2.05, 4.69) is 24.9 Å². The number of nitrogens with one attached hydrogen (secondary N) is 1. The molecule has 1 aromatic carbocycles. The largest absolute Gasteiger partial charge is 0.495 e. The summed E-state index contributed by atoms with van der Waals surface area (Å²) in [5, 5.41) is 8.94. The SMILES string of the molecule is COc1cc(C#N)ccc1-n1c(C(C)C)c[nH]c1=S. The van der Waals surface area contributed by atoms with Crippen LogP contribution in [-0.4, -0.2) is 16.7 Å². The highest BCUT2D eigenvalue weighted by Gasteiger charge is 2.14. The van der Waals surface area contributed by atoms with Crippen LogP contribution >= 0.6 is 12.2 Å². The van der Waals surface area contributed by atoms with Gasteiger partial charge in [0.1, 0.15) is 5.75 Å². The Morgan fingerprint density at radius 3 is 2.74 bits per heavy atom. The molecule has 2 rings (SSSR count). The lowest BCUT2D eigenvalue weighted by atomic mass is 10.1. The standard InChI is InChI=1S/C14H15N3OS/c1-9(2)12-8-16-14(19)17(12)11-5-4-10(7-15)6-13(11)18-3/h4-6,8-9H,1-3H3,(H,16,19). The Labute approximate surface area is 117 Å². The maximum atomic E-state index is 8.94. The van der Waals surface area contributed by atoms with Crippen molar-refractivity contribution >= 4 is 12.2 Å². The van der Waals surface area contributed by atoms with Crippen molar-refractivity contribution in [1.82, 2.24) is 9.55 Å². The van der Waals surface area contributed by atoms with E-state index >= 15 is 0 Å². The number of nitriles is 1. The molecule has 5 heteroatoms. The van der Waals surface area contributed by atoms with Gasteiger partial charge < -0.3 is 9.72 Å². The molecule has 0 fully saturated rings. The molecule has 19 heavy (non-hydrogen) atoms. The van der Waals surface area contributed by atoms with E-state index in [1.165, 1.54) is 0 Å². The number of hydrogen-bond acceptors (Lipinski definition) is 3. The van der Waals surface area contributed by atoms with Gasteiger partial charge in [0.05, 0.1) is 24.4 Å². The van der Waals surface area contributed by atoms with Crippen molar-refractivity contribution in [2.24, 2.45) is 0 Å². The van der Waals surface area contributed by atoms with E-state index in [0.29, 0.717) is 22.0 Å². The minimum Gasteiger partial charge on any atom is -0.495 e. The second-order valence-corrected chi connectivity index (χ2v) is 4.89. The molecule has 1 heterocycles. The summed E-state index contributed by atoms with van der Waals surface area (Å²) in [6.45, 7) is 4.20. The predicted octanol–water partition coefficient (Wildman–Crippen LogP) is 3.54. The summed E-state index contributed by atoms with van der Waals surface area (Å²) >= 11 is 5.33. The summed E-state index contributed by atoms with van der Waals surface area (Å²) in [6, 6.07) is 7.43. The summed E-state index contributed by atoms with van der Waals surface area (Å²) in [6.07, 6.45) is 1.91. The number of ether oxygens (including phenoxy) is 1. The molecule has 0 unspecified atom stereocenters. The zero-order valence-corrected chi connectivity index (χ0v) is 11.9. The van der Waals surface area contributed by atoms with Gasteiger partial charge in [0.2, 0.25) is 0 Å². The van der Waals surface area contributed by atoms with E-state index in [9.17, 15) is 0 Å². The number of benzene rings is 1. The van der Waals surface area contributed by atoms with Gasteiger partial charge in [0.15, 0.2) is 4.77 Å². The van der Waals surface area contributed by atoms with E-state index in [1.54, 1.807) is 19.2 Å². The molecule has 0 radical (unpaired) electrons. The lowest BCUT2D eigenvalue weighted by Gasteiger charge is -2.14. The molecule has 0 aliphatic rings. The first kappa shape index (κ1) is 13.4.